The van der Waals surface area contributed by atoms with Crippen molar-refractivity contribution < 1.29 is 0 Å². The number of hydrogen-bond acceptors (Lipinski definition) is 6. The lowest BCUT2D eigenvalue weighted by molar-refractivity contribution is 0.868. The maximum Gasteiger partial charge on any atom is 0.227 e. The Labute approximate surface area is 110 Å². The average molecular weight is 265 g/mol. The van der Waals surface area contributed by atoms with E-state index < -0.39 is 0 Å². The molecule has 2 aromatic heterocycles. The number of nitrogens with zero attached hydrogens (tertiary/aromatic N) is 4. The summed E-state index contributed by atoms with van der Waals surface area (Å²) in [6, 6.07) is 3.68. The van der Waals surface area contributed by atoms with Crippen LogP contribution in [0.1, 0.15) is 13.8 Å². The number of aromatic nitrogens is 4. The quantitative estimate of drug-likeness (QED) is 0.881. The van der Waals surface area contributed by atoms with E-state index in [1.807, 2.05) is 13.8 Å². The van der Waals surface area contributed by atoms with E-state index in [1.165, 1.54) is 0 Å². The number of pyridine rings is 1. The highest BCUT2D eigenvalue weighted by atomic mass is 35.5. The average Bonchev–Trinajstić information content (AvgIpc) is 2.28. The highest BCUT2D eigenvalue weighted by Gasteiger charge is 2.08. The third-order valence-corrected chi connectivity index (χ3v) is 2.24. The Morgan fingerprint density at radius 3 is 2.61 bits per heavy atom. The van der Waals surface area contributed by atoms with Crippen LogP contribution in [0.5, 0.6) is 0 Å². The first-order valence-corrected chi connectivity index (χ1v) is 5.82. The molecular formula is C11H13ClN6. The van der Waals surface area contributed by atoms with Gasteiger partial charge in [0, 0.05) is 17.8 Å². The van der Waals surface area contributed by atoms with Crippen molar-refractivity contribution in [1.82, 2.24) is 19.9 Å². The van der Waals surface area contributed by atoms with Gasteiger partial charge >= 0.3 is 0 Å². The molecule has 3 N–H and O–H groups in total. The summed E-state index contributed by atoms with van der Waals surface area (Å²) in [7, 11) is 0. The number of nitrogens with two attached hydrogens (primary N) is 1. The van der Waals surface area contributed by atoms with Crippen LogP contribution in [0.3, 0.4) is 0 Å². The van der Waals surface area contributed by atoms with E-state index in [9.17, 15) is 0 Å². The van der Waals surface area contributed by atoms with Crippen LogP contribution in [-0.4, -0.2) is 26.0 Å². The van der Waals surface area contributed by atoms with Crippen molar-refractivity contribution in [3.05, 3.63) is 23.6 Å². The number of anilines is 2. The van der Waals surface area contributed by atoms with E-state index >= 15 is 0 Å². The zero-order valence-corrected chi connectivity index (χ0v) is 10.8. The summed E-state index contributed by atoms with van der Waals surface area (Å²) in [5.41, 5.74) is 6.26. The van der Waals surface area contributed by atoms with Crippen LogP contribution in [-0.2, 0) is 0 Å². The Morgan fingerprint density at radius 1 is 1.22 bits per heavy atom. The number of nitrogens with one attached hydrogen (secondary N) is 1. The molecule has 0 aliphatic carbocycles. The summed E-state index contributed by atoms with van der Waals surface area (Å²) in [5.74, 6) is 1.35. The molecule has 0 aromatic carbocycles. The predicted molar refractivity (Wildman–Crippen MR) is 71.2 cm³/mol. The highest BCUT2D eigenvalue weighted by molar-refractivity contribution is 6.28. The zero-order valence-electron chi connectivity index (χ0n) is 10.1. The molecular weight excluding hydrogens is 252 g/mol. The summed E-state index contributed by atoms with van der Waals surface area (Å²) in [5, 5.41) is 3.21. The van der Waals surface area contributed by atoms with Crippen LogP contribution >= 0.6 is 11.6 Å². The molecule has 6 nitrogen and oxygen atoms in total. The third-order valence-electron chi connectivity index (χ3n) is 2.07. The molecule has 94 valence electrons. The van der Waals surface area contributed by atoms with Gasteiger partial charge in [0.1, 0.15) is 5.82 Å². The molecule has 0 bridgehead atoms. The van der Waals surface area contributed by atoms with E-state index in [0.29, 0.717) is 17.6 Å². The monoisotopic (exact) mass is 264 g/mol. The smallest absolute Gasteiger partial charge is 0.227 e. The van der Waals surface area contributed by atoms with Gasteiger partial charge in [-0.1, -0.05) is 0 Å². The molecule has 0 saturated heterocycles. The Bertz CT molecular complexity index is 540. The van der Waals surface area contributed by atoms with Crippen LogP contribution in [0, 0.1) is 0 Å². The van der Waals surface area contributed by atoms with Crippen molar-refractivity contribution in [2.75, 3.05) is 11.1 Å². The second-order valence-corrected chi connectivity index (χ2v) is 4.36. The van der Waals surface area contributed by atoms with E-state index in [1.54, 1.807) is 18.3 Å². The molecule has 0 atom stereocenters. The van der Waals surface area contributed by atoms with Gasteiger partial charge in [-0.05, 0) is 37.6 Å². The van der Waals surface area contributed by atoms with Crippen LogP contribution in [0.25, 0.3) is 11.4 Å². The van der Waals surface area contributed by atoms with Crippen molar-refractivity contribution in [1.29, 1.82) is 0 Å². The Hall–Kier alpha value is -1.95. The van der Waals surface area contributed by atoms with Crippen LogP contribution in [0.2, 0.25) is 5.28 Å². The molecule has 0 radical (unpaired) electrons. The summed E-state index contributed by atoms with van der Waals surface area (Å²) in [6.45, 7) is 3.98. The van der Waals surface area contributed by atoms with Gasteiger partial charge in [-0.15, -0.1) is 0 Å². The summed E-state index contributed by atoms with van der Waals surface area (Å²) >= 11 is 5.87. The zero-order chi connectivity index (χ0) is 13.1. The molecule has 0 aliphatic heterocycles. The number of nitrogen functional groups attached to an aromatic ring is 1. The van der Waals surface area contributed by atoms with Crippen LogP contribution in [0.4, 0.5) is 11.8 Å². The summed E-state index contributed by atoms with van der Waals surface area (Å²) in [4.78, 5) is 16.3. The maximum absolute atomic E-state index is 5.87. The lowest BCUT2D eigenvalue weighted by atomic mass is 10.2. The molecule has 18 heavy (non-hydrogen) atoms. The van der Waals surface area contributed by atoms with Crippen molar-refractivity contribution in [3.8, 4) is 11.4 Å². The van der Waals surface area contributed by atoms with Crippen LogP contribution in [0.15, 0.2) is 18.3 Å². The molecule has 7 heteroatoms. The van der Waals surface area contributed by atoms with Crippen LogP contribution < -0.4 is 11.1 Å². The fourth-order valence-corrected chi connectivity index (χ4v) is 1.50. The number of halogens is 1. The van der Waals surface area contributed by atoms with Gasteiger partial charge in [0.05, 0.1) is 0 Å². The molecule has 2 aromatic rings. The molecule has 0 saturated carbocycles. The van der Waals surface area contributed by atoms with Gasteiger partial charge in [0.2, 0.25) is 11.2 Å². The lowest BCUT2D eigenvalue weighted by Crippen LogP contribution is -2.13. The minimum absolute atomic E-state index is 0.139. The third kappa shape index (κ3) is 3.04. The van der Waals surface area contributed by atoms with E-state index in [-0.39, 0.29) is 11.3 Å². The number of rotatable bonds is 3. The first-order chi connectivity index (χ1) is 8.54. The topological polar surface area (TPSA) is 89.6 Å². The van der Waals surface area contributed by atoms with Gasteiger partial charge in [0.25, 0.3) is 0 Å². The Morgan fingerprint density at radius 2 is 2.00 bits per heavy atom. The van der Waals surface area contributed by atoms with Gasteiger partial charge in [0.15, 0.2) is 5.82 Å². The van der Waals surface area contributed by atoms with Crippen molar-refractivity contribution in [2.24, 2.45) is 0 Å². The van der Waals surface area contributed by atoms with Gasteiger partial charge in [-0.2, -0.15) is 15.0 Å². The fourth-order valence-electron chi connectivity index (χ4n) is 1.34. The molecule has 0 spiro atoms. The van der Waals surface area contributed by atoms with E-state index in [0.717, 1.165) is 5.56 Å². The van der Waals surface area contributed by atoms with E-state index in [4.69, 9.17) is 17.3 Å². The van der Waals surface area contributed by atoms with Crippen molar-refractivity contribution in [2.45, 2.75) is 19.9 Å². The summed E-state index contributed by atoms with van der Waals surface area (Å²) in [6.07, 6.45) is 1.60. The van der Waals surface area contributed by atoms with Crippen molar-refractivity contribution in [3.63, 3.8) is 0 Å². The first-order valence-electron chi connectivity index (χ1n) is 5.44. The minimum atomic E-state index is 0.139. The minimum Gasteiger partial charge on any atom is -0.384 e. The second kappa shape index (κ2) is 5.14. The largest absolute Gasteiger partial charge is 0.384 e. The Kier molecular flexibility index (Phi) is 3.57. The SMILES string of the molecule is CC(C)Nc1nc(Cl)nc(-c2ccc(N)nc2)n1. The summed E-state index contributed by atoms with van der Waals surface area (Å²) < 4.78 is 0. The number of hydrogen-bond donors (Lipinski definition) is 2. The molecule has 0 unspecified atom stereocenters. The highest BCUT2D eigenvalue weighted by Crippen LogP contribution is 2.18. The van der Waals surface area contributed by atoms with E-state index in [2.05, 4.69) is 25.3 Å². The standard InChI is InChI=1S/C11H13ClN6/c1-6(2)15-11-17-9(16-10(12)18-11)7-3-4-8(13)14-5-7/h3-6H,1-2H3,(H2,13,14)(H,15,16,17,18). The van der Waals surface area contributed by atoms with Gasteiger partial charge in [-0.25, -0.2) is 4.98 Å². The van der Waals surface area contributed by atoms with Gasteiger partial charge < -0.3 is 11.1 Å². The molecule has 0 amide bonds. The molecule has 0 aliphatic rings. The fraction of sp³-hybridized carbons (Fsp3) is 0.273. The normalized spacial score (nSPS) is 10.7. The van der Waals surface area contributed by atoms with Gasteiger partial charge in [-0.3, -0.25) is 0 Å². The Balaban J connectivity index is 2.38. The second-order valence-electron chi connectivity index (χ2n) is 4.02. The molecule has 0 fully saturated rings. The predicted octanol–water partition coefficient (Wildman–Crippen LogP) is 1.99. The van der Waals surface area contributed by atoms with Crippen molar-refractivity contribution >= 4 is 23.4 Å². The first kappa shape index (κ1) is 12.5. The molecule has 2 rings (SSSR count). The molecule has 2 heterocycles. The maximum atomic E-state index is 5.87. The lowest BCUT2D eigenvalue weighted by Gasteiger charge is -2.09.